The van der Waals surface area contributed by atoms with Crippen LogP contribution in [0.15, 0.2) is 41.7 Å². The number of nitrogens with one attached hydrogen (secondary N) is 3. The van der Waals surface area contributed by atoms with Gasteiger partial charge >= 0.3 is 0 Å². The van der Waals surface area contributed by atoms with Gasteiger partial charge in [-0.25, -0.2) is 0 Å². The molecule has 1 fully saturated rings. The lowest BCUT2D eigenvalue weighted by molar-refractivity contribution is -0.119. The number of ether oxygens (including phenoxy) is 1. The first kappa shape index (κ1) is 23.2. The lowest BCUT2D eigenvalue weighted by Crippen LogP contribution is -2.44. The SMILES string of the molecule is Cc1cccc(NC(=S)NNC(=O)CSc2nnc(-c3ccn(C)n3)n2C[C@@H]2CCCO2)c1. The number of carbonyl (C=O) groups is 1. The summed E-state index contributed by atoms with van der Waals surface area (Å²) in [6.07, 6.45) is 3.99. The van der Waals surface area contributed by atoms with Crippen molar-refractivity contribution in [1.29, 1.82) is 0 Å². The first-order valence-electron chi connectivity index (χ1n) is 10.6. The van der Waals surface area contributed by atoms with Crippen LogP contribution in [0.3, 0.4) is 0 Å². The number of rotatable bonds is 7. The average Bonchev–Trinajstić information content (AvgIpc) is 3.53. The van der Waals surface area contributed by atoms with E-state index in [0.29, 0.717) is 22.6 Å². The van der Waals surface area contributed by atoms with Crippen molar-refractivity contribution < 1.29 is 9.53 Å². The van der Waals surface area contributed by atoms with Crippen LogP contribution in [0.1, 0.15) is 18.4 Å². The molecule has 1 aliphatic heterocycles. The number of thioether (sulfide) groups is 1. The van der Waals surface area contributed by atoms with Crippen molar-refractivity contribution in [2.75, 3.05) is 17.7 Å². The fourth-order valence-electron chi connectivity index (χ4n) is 3.45. The van der Waals surface area contributed by atoms with Gasteiger partial charge in [0.15, 0.2) is 16.1 Å². The fraction of sp³-hybridized carbons (Fsp3) is 0.381. The van der Waals surface area contributed by atoms with Crippen LogP contribution in [0.25, 0.3) is 11.5 Å². The normalized spacial score (nSPS) is 15.4. The van der Waals surface area contributed by atoms with Crippen molar-refractivity contribution in [1.82, 2.24) is 35.4 Å². The van der Waals surface area contributed by atoms with Crippen molar-refractivity contribution in [3.05, 3.63) is 42.1 Å². The third-order valence-electron chi connectivity index (χ3n) is 4.99. The van der Waals surface area contributed by atoms with E-state index in [0.717, 1.165) is 36.4 Å². The number of aromatic nitrogens is 5. The molecule has 4 rings (SSSR count). The number of carbonyl (C=O) groups excluding carboxylic acids is 1. The van der Waals surface area contributed by atoms with Gasteiger partial charge in [0.05, 0.1) is 18.4 Å². The molecule has 10 nitrogen and oxygen atoms in total. The van der Waals surface area contributed by atoms with Crippen molar-refractivity contribution in [2.45, 2.75) is 37.6 Å². The molecule has 0 saturated carbocycles. The molecule has 0 unspecified atom stereocenters. The Bertz CT molecular complexity index is 1120. The van der Waals surface area contributed by atoms with Gasteiger partial charge in [-0.2, -0.15) is 5.10 Å². The first-order chi connectivity index (χ1) is 16.0. The molecular formula is C21H26N8O2S2. The van der Waals surface area contributed by atoms with Crippen LogP contribution < -0.4 is 16.2 Å². The molecule has 12 heteroatoms. The van der Waals surface area contributed by atoms with E-state index in [4.69, 9.17) is 17.0 Å². The number of thiocarbonyl (C=S) groups is 1. The van der Waals surface area contributed by atoms with E-state index < -0.39 is 0 Å². The van der Waals surface area contributed by atoms with Gasteiger partial charge in [0, 0.05) is 25.5 Å². The van der Waals surface area contributed by atoms with E-state index in [1.807, 2.05) is 55.1 Å². The Morgan fingerprint density at radius 2 is 2.18 bits per heavy atom. The molecule has 1 saturated heterocycles. The summed E-state index contributed by atoms with van der Waals surface area (Å²) in [7, 11) is 1.86. The quantitative estimate of drug-likeness (QED) is 0.263. The predicted molar refractivity (Wildman–Crippen MR) is 131 cm³/mol. The molecular weight excluding hydrogens is 460 g/mol. The Kier molecular flexibility index (Phi) is 7.57. The monoisotopic (exact) mass is 486 g/mol. The summed E-state index contributed by atoms with van der Waals surface area (Å²) in [6.45, 7) is 3.38. The number of amides is 1. The Hall–Kier alpha value is -2.96. The molecule has 0 radical (unpaired) electrons. The molecule has 1 aliphatic rings. The van der Waals surface area contributed by atoms with Gasteiger partial charge in [-0.15, -0.1) is 10.2 Å². The number of nitrogens with zero attached hydrogens (tertiary/aromatic N) is 5. The summed E-state index contributed by atoms with van der Waals surface area (Å²) < 4.78 is 9.50. The van der Waals surface area contributed by atoms with Gasteiger partial charge < -0.3 is 10.1 Å². The van der Waals surface area contributed by atoms with E-state index in [1.54, 1.807) is 4.68 Å². The minimum Gasteiger partial charge on any atom is -0.376 e. The predicted octanol–water partition coefficient (Wildman–Crippen LogP) is 2.28. The summed E-state index contributed by atoms with van der Waals surface area (Å²) in [5, 5.41) is 17.1. The molecule has 174 valence electrons. The largest absolute Gasteiger partial charge is 0.376 e. The van der Waals surface area contributed by atoms with E-state index >= 15 is 0 Å². The Balaban J connectivity index is 1.34. The van der Waals surface area contributed by atoms with E-state index in [-0.39, 0.29) is 17.8 Å². The number of hydrazine groups is 1. The highest BCUT2D eigenvalue weighted by Crippen LogP contribution is 2.25. The number of hydrogen-bond acceptors (Lipinski definition) is 7. The molecule has 3 N–H and O–H groups in total. The van der Waals surface area contributed by atoms with Crippen LogP contribution in [0.2, 0.25) is 0 Å². The van der Waals surface area contributed by atoms with Gasteiger partial charge in [0.1, 0.15) is 5.69 Å². The number of hydrogen-bond donors (Lipinski definition) is 3. The molecule has 3 aromatic rings. The van der Waals surface area contributed by atoms with Gasteiger partial charge in [0.2, 0.25) is 5.91 Å². The highest BCUT2D eigenvalue weighted by atomic mass is 32.2. The summed E-state index contributed by atoms with van der Waals surface area (Å²) in [5.74, 6) is 0.571. The molecule has 2 aromatic heterocycles. The minimum atomic E-state index is -0.237. The molecule has 0 bridgehead atoms. The van der Waals surface area contributed by atoms with Crippen LogP contribution >= 0.6 is 24.0 Å². The Labute approximate surface area is 201 Å². The lowest BCUT2D eigenvalue weighted by Gasteiger charge is -2.14. The van der Waals surface area contributed by atoms with Gasteiger partial charge in [-0.05, 0) is 55.7 Å². The number of benzene rings is 1. The van der Waals surface area contributed by atoms with Crippen LogP contribution in [0.4, 0.5) is 5.69 Å². The zero-order chi connectivity index (χ0) is 23.2. The van der Waals surface area contributed by atoms with Gasteiger partial charge in [0.25, 0.3) is 0 Å². The third kappa shape index (κ3) is 6.30. The second kappa shape index (κ2) is 10.8. The number of aryl methyl sites for hydroxylation is 2. The molecule has 0 aliphatic carbocycles. The van der Waals surface area contributed by atoms with Crippen molar-refractivity contribution in [2.24, 2.45) is 7.05 Å². The van der Waals surface area contributed by atoms with Crippen molar-refractivity contribution in [3.63, 3.8) is 0 Å². The summed E-state index contributed by atoms with van der Waals surface area (Å²) in [5.41, 5.74) is 8.03. The fourth-order valence-corrected chi connectivity index (χ4v) is 4.37. The Morgan fingerprint density at radius 3 is 2.91 bits per heavy atom. The van der Waals surface area contributed by atoms with Crippen molar-refractivity contribution >= 4 is 40.7 Å². The van der Waals surface area contributed by atoms with Crippen LogP contribution in [0, 0.1) is 6.92 Å². The number of anilines is 1. The second-order valence-corrected chi connectivity index (χ2v) is 9.06. The van der Waals surface area contributed by atoms with Gasteiger partial charge in [-0.1, -0.05) is 23.9 Å². The molecule has 0 spiro atoms. The highest BCUT2D eigenvalue weighted by molar-refractivity contribution is 7.99. The molecule has 33 heavy (non-hydrogen) atoms. The van der Waals surface area contributed by atoms with Crippen LogP contribution in [-0.2, 0) is 23.1 Å². The first-order valence-corrected chi connectivity index (χ1v) is 12.0. The highest BCUT2D eigenvalue weighted by Gasteiger charge is 2.23. The minimum absolute atomic E-state index is 0.100. The van der Waals surface area contributed by atoms with Crippen molar-refractivity contribution in [3.8, 4) is 11.5 Å². The maximum absolute atomic E-state index is 12.4. The van der Waals surface area contributed by atoms with Crippen LogP contribution in [0.5, 0.6) is 0 Å². The summed E-state index contributed by atoms with van der Waals surface area (Å²) >= 11 is 6.54. The van der Waals surface area contributed by atoms with Gasteiger partial charge in [-0.3, -0.25) is 24.9 Å². The topological polar surface area (TPSA) is 111 Å². The molecule has 1 amide bonds. The smallest absolute Gasteiger partial charge is 0.248 e. The van der Waals surface area contributed by atoms with E-state index in [9.17, 15) is 4.79 Å². The zero-order valence-electron chi connectivity index (χ0n) is 18.4. The van der Waals surface area contributed by atoms with Crippen LogP contribution in [-0.4, -0.2) is 54.0 Å². The average molecular weight is 487 g/mol. The maximum Gasteiger partial charge on any atom is 0.248 e. The standard InChI is InChI=1S/C21H26N8O2S2/c1-14-5-3-6-15(11-14)22-20(32)25-23-18(30)13-33-21-26-24-19(17-8-9-28(2)27-17)29(21)12-16-7-4-10-31-16/h3,5-6,8-9,11,16H,4,7,10,12-13H2,1-2H3,(H,23,30)(H2,22,25,32)/t16-/m0/s1. The third-order valence-corrected chi connectivity index (χ3v) is 6.16. The Morgan fingerprint density at radius 1 is 1.30 bits per heavy atom. The molecule has 1 atom stereocenters. The summed E-state index contributed by atoms with van der Waals surface area (Å²) in [4.78, 5) is 12.4. The van der Waals surface area contributed by atoms with E-state index in [1.165, 1.54) is 11.8 Å². The summed E-state index contributed by atoms with van der Waals surface area (Å²) in [6, 6.07) is 9.69. The second-order valence-electron chi connectivity index (χ2n) is 7.71. The molecule has 1 aromatic carbocycles. The zero-order valence-corrected chi connectivity index (χ0v) is 20.1. The lowest BCUT2D eigenvalue weighted by atomic mass is 10.2. The molecule has 3 heterocycles. The maximum atomic E-state index is 12.4. The van der Waals surface area contributed by atoms with E-state index in [2.05, 4.69) is 31.5 Å².